The second-order valence-corrected chi connectivity index (χ2v) is 4.60. The molecule has 0 aliphatic rings. The van der Waals surface area contributed by atoms with Crippen LogP contribution < -0.4 is 9.47 Å². The molecule has 0 saturated heterocycles. The van der Waals surface area contributed by atoms with Crippen LogP contribution in [0, 0.1) is 0 Å². The molecule has 0 spiro atoms. The van der Waals surface area contributed by atoms with Crippen molar-refractivity contribution in [1.29, 1.82) is 0 Å². The lowest BCUT2D eigenvalue weighted by Gasteiger charge is -2.12. The van der Waals surface area contributed by atoms with E-state index in [0.29, 0.717) is 22.6 Å². The van der Waals surface area contributed by atoms with E-state index < -0.39 is 11.9 Å². The van der Waals surface area contributed by atoms with Crippen molar-refractivity contribution in [2.45, 2.75) is 13.8 Å². The van der Waals surface area contributed by atoms with Gasteiger partial charge in [-0.05, 0) is 38.1 Å². The van der Waals surface area contributed by atoms with Gasteiger partial charge >= 0.3 is 11.9 Å². The van der Waals surface area contributed by atoms with Crippen molar-refractivity contribution >= 4 is 24.1 Å². The number of carbonyl (C=O) groups is 2. The highest BCUT2D eigenvalue weighted by Gasteiger charge is 2.12. The molecule has 1 rings (SSSR count). The largest absolute Gasteiger partial charge is 0.496 e. The Labute approximate surface area is 128 Å². The van der Waals surface area contributed by atoms with Gasteiger partial charge in [0, 0.05) is 22.3 Å². The maximum Gasteiger partial charge on any atom is 0.331 e. The van der Waals surface area contributed by atoms with Gasteiger partial charge < -0.3 is 19.7 Å². The summed E-state index contributed by atoms with van der Waals surface area (Å²) in [6, 6.07) is 3.21. The van der Waals surface area contributed by atoms with Crippen LogP contribution in [0.1, 0.15) is 25.0 Å². The van der Waals surface area contributed by atoms with Crippen molar-refractivity contribution in [2.75, 3.05) is 14.2 Å². The minimum atomic E-state index is -1.04. The number of aliphatic carboxylic acids is 2. The van der Waals surface area contributed by atoms with Crippen LogP contribution in [-0.2, 0) is 9.59 Å². The number of carboxylic acid groups (broad SMARTS) is 2. The Morgan fingerprint density at radius 1 is 0.864 bits per heavy atom. The molecule has 0 radical (unpaired) electrons. The van der Waals surface area contributed by atoms with Crippen LogP contribution in [0.5, 0.6) is 11.5 Å². The fourth-order valence-corrected chi connectivity index (χ4v) is 1.76. The highest BCUT2D eigenvalue weighted by molar-refractivity contribution is 5.93. The summed E-state index contributed by atoms with van der Waals surface area (Å²) < 4.78 is 10.5. The van der Waals surface area contributed by atoms with Gasteiger partial charge in [-0.15, -0.1) is 0 Å². The van der Waals surface area contributed by atoms with E-state index in [4.69, 9.17) is 19.7 Å². The quantitative estimate of drug-likeness (QED) is 0.785. The third-order valence-corrected chi connectivity index (χ3v) is 3.00. The van der Waals surface area contributed by atoms with E-state index in [0.717, 1.165) is 0 Å². The molecule has 0 unspecified atom stereocenters. The molecule has 0 bridgehead atoms. The van der Waals surface area contributed by atoms with E-state index in [9.17, 15) is 9.59 Å². The summed E-state index contributed by atoms with van der Waals surface area (Å²) in [4.78, 5) is 21.9. The van der Waals surface area contributed by atoms with Gasteiger partial charge in [0.25, 0.3) is 0 Å². The van der Waals surface area contributed by atoms with Crippen LogP contribution in [0.25, 0.3) is 12.2 Å². The van der Waals surface area contributed by atoms with Gasteiger partial charge in [-0.25, -0.2) is 9.59 Å². The normalized spacial score (nSPS) is 12.0. The third-order valence-electron chi connectivity index (χ3n) is 3.00. The Kier molecular flexibility index (Phi) is 5.74. The van der Waals surface area contributed by atoms with Crippen LogP contribution in [0.2, 0.25) is 0 Å². The van der Waals surface area contributed by atoms with Gasteiger partial charge in [0.15, 0.2) is 0 Å². The van der Waals surface area contributed by atoms with E-state index in [1.165, 1.54) is 40.2 Å². The first kappa shape index (κ1) is 17.3. The van der Waals surface area contributed by atoms with E-state index in [1.807, 2.05) is 0 Å². The molecule has 1 aromatic carbocycles. The molecular weight excluding hydrogens is 288 g/mol. The lowest BCUT2D eigenvalue weighted by atomic mass is 10.0. The van der Waals surface area contributed by atoms with Crippen molar-refractivity contribution < 1.29 is 29.3 Å². The molecule has 0 aliphatic carbocycles. The van der Waals surface area contributed by atoms with Crippen LogP contribution in [-0.4, -0.2) is 36.4 Å². The fraction of sp³-hybridized carbons (Fsp3) is 0.250. The Morgan fingerprint density at radius 2 is 1.18 bits per heavy atom. The zero-order chi connectivity index (χ0) is 16.9. The van der Waals surface area contributed by atoms with Crippen molar-refractivity contribution in [2.24, 2.45) is 0 Å². The number of rotatable bonds is 6. The van der Waals surface area contributed by atoms with E-state index in [1.54, 1.807) is 12.1 Å². The second kappa shape index (κ2) is 7.31. The highest BCUT2D eigenvalue weighted by atomic mass is 16.5. The summed E-state index contributed by atoms with van der Waals surface area (Å²) in [6.07, 6.45) is 2.92. The zero-order valence-corrected chi connectivity index (χ0v) is 12.8. The maximum absolute atomic E-state index is 10.9. The Balaban J connectivity index is 3.47. The number of methoxy groups -OCH3 is 2. The molecule has 0 aliphatic heterocycles. The molecule has 22 heavy (non-hydrogen) atoms. The summed E-state index contributed by atoms with van der Waals surface area (Å²) in [5.41, 5.74) is 1.35. The minimum Gasteiger partial charge on any atom is -0.496 e. The van der Waals surface area contributed by atoms with Gasteiger partial charge in [0.2, 0.25) is 0 Å². The van der Waals surface area contributed by atoms with Crippen LogP contribution >= 0.6 is 0 Å². The molecule has 0 atom stereocenters. The molecule has 1 aromatic rings. The first-order valence-electron chi connectivity index (χ1n) is 6.39. The minimum absolute atomic E-state index is 0.144. The zero-order valence-electron chi connectivity index (χ0n) is 12.8. The van der Waals surface area contributed by atoms with Crippen molar-refractivity contribution in [3.63, 3.8) is 0 Å². The van der Waals surface area contributed by atoms with Gasteiger partial charge in [-0.2, -0.15) is 0 Å². The maximum atomic E-state index is 10.9. The number of hydrogen-bond donors (Lipinski definition) is 2. The topological polar surface area (TPSA) is 93.1 Å². The van der Waals surface area contributed by atoms with E-state index in [2.05, 4.69) is 0 Å². The highest BCUT2D eigenvalue weighted by Crippen LogP contribution is 2.32. The molecule has 6 heteroatoms. The van der Waals surface area contributed by atoms with Crippen LogP contribution in [0.4, 0.5) is 0 Å². The first-order chi connectivity index (χ1) is 10.3. The summed E-state index contributed by atoms with van der Waals surface area (Å²) in [5, 5.41) is 17.9. The number of carboxylic acids is 2. The SMILES string of the molecule is COc1cc(/C=C(\C)C(=O)O)c(OC)cc1/C=C(\C)C(=O)O. The van der Waals surface area contributed by atoms with E-state index >= 15 is 0 Å². The molecule has 6 nitrogen and oxygen atoms in total. The monoisotopic (exact) mass is 306 g/mol. The van der Waals surface area contributed by atoms with Crippen molar-refractivity contribution in [3.05, 3.63) is 34.4 Å². The van der Waals surface area contributed by atoms with Crippen molar-refractivity contribution in [1.82, 2.24) is 0 Å². The molecule has 0 amide bonds. The average Bonchev–Trinajstić information content (AvgIpc) is 2.47. The molecule has 0 fully saturated rings. The smallest absolute Gasteiger partial charge is 0.331 e. The Morgan fingerprint density at radius 3 is 1.41 bits per heavy atom. The van der Waals surface area contributed by atoms with Gasteiger partial charge in [0.05, 0.1) is 14.2 Å². The summed E-state index contributed by atoms with van der Waals surface area (Å²) in [7, 11) is 2.90. The standard InChI is InChI=1S/C16H18O6/c1-9(15(17)18)5-11-7-14(22-4)12(8-13(11)21-3)6-10(2)16(19)20/h5-8H,1-4H3,(H,17,18)(H,19,20)/b9-5+,10-6+. The predicted octanol–water partition coefficient (Wildman–Crippen LogP) is 2.68. The molecular formula is C16H18O6. The van der Waals surface area contributed by atoms with E-state index in [-0.39, 0.29) is 11.1 Å². The molecule has 0 heterocycles. The average molecular weight is 306 g/mol. The number of hydrogen-bond acceptors (Lipinski definition) is 4. The second-order valence-electron chi connectivity index (χ2n) is 4.60. The third kappa shape index (κ3) is 4.12. The Hall–Kier alpha value is -2.76. The summed E-state index contributed by atoms with van der Waals surface area (Å²) in [5.74, 6) is -1.23. The summed E-state index contributed by atoms with van der Waals surface area (Å²) in [6.45, 7) is 2.94. The fourth-order valence-electron chi connectivity index (χ4n) is 1.76. The Bertz CT molecular complexity index is 597. The van der Waals surface area contributed by atoms with Crippen LogP contribution in [0.3, 0.4) is 0 Å². The van der Waals surface area contributed by atoms with Gasteiger partial charge in [0.1, 0.15) is 11.5 Å². The predicted molar refractivity (Wildman–Crippen MR) is 82.1 cm³/mol. The molecule has 0 saturated carbocycles. The lowest BCUT2D eigenvalue weighted by Crippen LogP contribution is -1.99. The summed E-state index contributed by atoms with van der Waals surface area (Å²) >= 11 is 0. The number of benzene rings is 1. The number of ether oxygens (including phenoxy) is 2. The molecule has 118 valence electrons. The molecule has 2 N–H and O–H groups in total. The van der Waals surface area contributed by atoms with Gasteiger partial charge in [-0.3, -0.25) is 0 Å². The lowest BCUT2D eigenvalue weighted by molar-refractivity contribution is -0.133. The van der Waals surface area contributed by atoms with Crippen LogP contribution in [0.15, 0.2) is 23.3 Å². The molecule has 0 aromatic heterocycles. The van der Waals surface area contributed by atoms with Gasteiger partial charge in [-0.1, -0.05) is 0 Å². The van der Waals surface area contributed by atoms with Crippen molar-refractivity contribution in [3.8, 4) is 11.5 Å². The first-order valence-corrected chi connectivity index (χ1v) is 6.39.